The fraction of sp³-hybridized carbons (Fsp3) is 0.643. The van der Waals surface area contributed by atoms with Crippen LogP contribution in [0.1, 0.15) is 55.8 Å². The highest BCUT2D eigenvalue weighted by atomic mass is 32.2. The van der Waals surface area contributed by atoms with Gasteiger partial charge in [0.05, 0.1) is 17.9 Å². The number of thioether (sulfide) groups is 1. The Balaban J connectivity index is 1.09. The van der Waals surface area contributed by atoms with E-state index in [0.29, 0.717) is 43.2 Å². The summed E-state index contributed by atoms with van der Waals surface area (Å²) in [6, 6.07) is 7.02. The summed E-state index contributed by atoms with van der Waals surface area (Å²) in [6.07, 6.45) is 6.90. The molecule has 0 aromatic heterocycles. The lowest BCUT2D eigenvalue weighted by Crippen LogP contribution is -2.60. The number of benzene rings is 1. The van der Waals surface area contributed by atoms with Crippen LogP contribution in [0.25, 0.3) is 0 Å². The normalized spacial score (nSPS) is 27.7. The Bertz CT molecular complexity index is 1040. The zero-order chi connectivity index (χ0) is 26.7. The molecule has 4 bridgehead atoms. The van der Waals surface area contributed by atoms with E-state index in [0.717, 1.165) is 37.0 Å². The van der Waals surface area contributed by atoms with Crippen LogP contribution in [0.5, 0.6) is 0 Å². The quantitative estimate of drug-likeness (QED) is 0.396. The summed E-state index contributed by atoms with van der Waals surface area (Å²) in [4.78, 5) is 54.0. The lowest BCUT2D eigenvalue weighted by molar-refractivity contribution is -0.136. The first-order chi connectivity index (χ1) is 18.3. The van der Waals surface area contributed by atoms with Crippen molar-refractivity contribution in [3.05, 3.63) is 29.8 Å². The molecule has 3 amide bonds. The van der Waals surface area contributed by atoms with Crippen LogP contribution in [0.3, 0.4) is 0 Å². The second-order valence-corrected chi connectivity index (χ2v) is 12.2. The number of hydrogen-bond donors (Lipinski definition) is 1. The van der Waals surface area contributed by atoms with Crippen LogP contribution in [-0.4, -0.2) is 84.4 Å². The van der Waals surface area contributed by atoms with E-state index in [-0.39, 0.29) is 35.8 Å². The monoisotopic (exact) mass is 543 g/mol. The maximum atomic E-state index is 12.9. The molecule has 1 N–H and O–H groups in total. The second kappa shape index (κ2) is 11.6. The number of rotatable bonds is 8. The fourth-order valence-electron chi connectivity index (χ4n) is 7.15. The van der Waals surface area contributed by atoms with Crippen molar-refractivity contribution < 1.29 is 28.7 Å². The summed E-state index contributed by atoms with van der Waals surface area (Å²) >= 11 is 1.32. The van der Waals surface area contributed by atoms with Gasteiger partial charge in [-0.05, 0) is 75.3 Å². The van der Waals surface area contributed by atoms with Crippen LogP contribution < -0.4 is 5.32 Å². The van der Waals surface area contributed by atoms with Gasteiger partial charge in [0.15, 0.2) is 6.61 Å². The van der Waals surface area contributed by atoms with Crippen LogP contribution in [0.4, 0.5) is 4.79 Å². The Hall–Kier alpha value is -2.75. The summed E-state index contributed by atoms with van der Waals surface area (Å²) in [5.41, 5.74) is 0.313. The standard InChI is InChI=1S/C28H37N3O6S/c1-2-36-27(35)31-9-7-30(8-10-31)25(33)17-37-26(34)22-5-3-4-6-23(22)38-18-24(32)29-28-14-19-11-20(15-28)13-21(12-19)16-28/h3-6,19-21H,2,7-18H2,1H3,(H,29,32). The Labute approximate surface area is 228 Å². The van der Waals surface area contributed by atoms with E-state index in [1.807, 2.05) is 6.07 Å². The minimum absolute atomic E-state index is 0.0114. The highest BCUT2D eigenvalue weighted by molar-refractivity contribution is 8.00. The van der Waals surface area contributed by atoms with Gasteiger partial charge in [-0.25, -0.2) is 9.59 Å². The number of ether oxygens (including phenoxy) is 2. The largest absolute Gasteiger partial charge is 0.452 e. The van der Waals surface area contributed by atoms with E-state index in [1.165, 1.54) is 31.0 Å². The molecule has 1 aliphatic heterocycles. The van der Waals surface area contributed by atoms with Gasteiger partial charge in [-0.1, -0.05) is 12.1 Å². The zero-order valence-corrected chi connectivity index (χ0v) is 22.8. The van der Waals surface area contributed by atoms with Gasteiger partial charge in [-0.15, -0.1) is 11.8 Å². The number of piperazine rings is 1. The first-order valence-electron chi connectivity index (χ1n) is 13.7. The van der Waals surface area contributed by atoms with Crippen molar-refractivity contribution in [2.75, 3.05) is 45.1 Å². The molecule has 38 heavy (non-hydrogen) atoms. The van der Waals surface area contributed by atoms with Gasteiger partial charge in [-0.3, -0.25) is 9.59 Å². The van der Waals surface area contributed by atoms with Crippen molar-refractivity contribution in [3.8, 4) is 0 Å². The van der Waals surface area contributed by atoms with Crippen LogP contribution in [0.2, 0.25) is 0 Å². The van der Waals surface area contributed by atoms with Gasteiger partial charge in [0.2, 0.25) is 5.91 Å². The fourth-order valence-corrected chi connectivity index (χ4v) is 7.99. The smallest absolute Gasteiger partial charge is 0.409 e. The predicted molar refractivity (Wildman–Crippen MR) is 142 cm³/mol. The molecule has 0 unspecified atom stereocenters. The molecule has 0 atom stereocenters. The van der Waals surface area contributed by atoms with Crippen molar-refractivity contribution in [1.29, 1.82) is 0 Å². The van der Waals surface area contributed by atoms with E-state index >= 15 is 0 Å². The summed E-state index contributed by atoms with van der Waals surface area (Å²) < 4.78 is 10.3. The molecule has 1 aromatic rings. The van der Waals surface area contributed by atoms with E-state index in [4.69, 9.17) is 9.47 Å². The molecule has 6 rings (SSSR count). The Kier molecular flexibility index (Phi) is 8.16. The molecule has 0 spiro atoms. The van der Waals surface area contributed by atoms with Gasteiger partial charge >= 0.3 is 12.1 Å². The SMILES string of the molecule is CCOC(=O)N1CCN(C(=O)COC(=O)c2ccccc2SCC(=O)NC23CC4CC(CC(C4)C2)C3)CC1. The first kappa shape index (κ1) is 26.8. The Morgan fingerprint density at radius 3 is 2.16 bits per heavy atom. The van der Waals surface area contributed by atoms with Crippen LogP contribution >= 0.6 is 11.8 Å². The van der Waals surface area contributed by atoms with Crippen molar-refractivity contribution >= 4 is 35.6 Å². The maximum absolute atomic E-state index is 12.9. The maximum Gasteiger partial charge on any atom is 0.409 e. The number of amides is 3. The number of nitrogens with one attached hydrogen (secondary N) is 1. The van der Waals surface area contributed by atoms with E-state index in [1.54, 1.807) is 34.9 Å². The Morgan fingerprint density at radius 2 is 1.53 bits per heavy atom. The summed E-state index contributed by atoms with van der Waals surface area (Å²) in [6.45, 7) is 3.17. The van der Waals surface area contributed by atoms with Gasteiger partial charge in [-0.2, -0.15) is 0 Å². The zero-order valence-electron chi connectivity index (χ0n) is 22.0. The number of carbonyl (C=O) groups is 4. The highest BCUT2D eigenvalue weighted by Crippen LogP contribution is 2.55. The molecule has 10 heteroatoms. The second-order valence-electron chi connectivity index (χ2n) is 11.2. The molecule has 4 aliphatic carbocycles. The van der Waals surface area contributed by atoms with Crippen molar-refractivity contribution in [2.45, 2.75) is 55.9 Å². The molecule has 0 radical (unpaired) electrons. The van der Waals surface area contributed by atoms with Crippen molar-refractivity contribution in [2.24, 2.45) is 17.8 Å². The summed E-state index contributed by atoms with van der Waals surface area (Å²) in [7, 11) is 0. The predicted octanol–water partition coefficient (Wildman–Crippen LogP) is 3.32. The molecular weight excluding hydrogens is 506 g/mol. The lowest BCUT2D eigenvalue weighted by atomic mass is 9.53. The molecule has 206 valence electrons. The third kappa shape index (κ3) is 6.11. The number of carbonyl (C=O) groups excluding carboxylic acids is 4. The van der Waals surface area contributed by atoms with Crippen LogP contribution in [0.15, 0.2) is 29.2 Å². The molecule has 1 aromatic carbocycles. The van der Waals surface area contributed by atoms with Gasteiger partial charge < -0.3 is 24.6 Å². The van der Waals surface area contributed by atoms with Gasteiger partial charge in [0.1, 0.15) is 0 Å². The Morgan fingerprint density at radius 1 is 0.921 bits per heavy atom. The summed E-state index contributed by atoms with van der Waals surface area (Å²) in [5, 5.41) is 3.38. The van der Waals surface area contributed by atoms with E-state index < -0.39 is 5.97 Å². The third-order valence-corrected chi connectivity index (χ3v) is 9.47. The van der Waals surface area contributed by atoms with E-state index in [9.17, 15) is 19.2 Å². The molecule has 5 aliphatic rings. The van der Waals surface area contributed by atoms with E-state index in [2.05, 4.69) is 5.32 Å². The minimum atomic E-state index is -0.590. The average molecular weight is 544 g/mol. The molecule has 1 saturated heterocycles. The number of esters is 1. The summed E-state index contributed by atoms with van der Waals surface area (Å²) in [5.74, 6) is 1.62. The highest BCUT2D eigenvalue weighted by Gasteiger charge is 2.51. The first-order valence-corrected chi connectivity index (χ1v) is 14.7. The molecular formula is C28H37N3O6S. The number of nitrogens with zero attached hydrogens (tertiary/aromatic N) is 2. The topological polar surface area (TPSA) is 105 Å². The average Bonchev–Trinajstić information content (AvgIpc) is 2.89. The molecule has 4 saturated carbocycles. The van der Waals surface area contributed by atoms with Crippen LogP contribution in [-0.2, 0) is 19.1 Å². The molecule has 1 heterocycles. The third-order valence-electron chi connectivity index (χ3n) is 8.39. The van der Waals surface area contributed by atoms with Gasteiger partial charge in [0.25, 0.3) is 5.91 Å². The molecule has 5 fully saturated rings. The van der Waals surface area contributed by atoms with Crippen LogP contribution in [0, 0.1) is 17.8 Å². The number of hydrogen-bond acceptors (Lipinski definition) is 7. The van der Waals surface area contributed by atoms with Crippen molar-refractivity contribution in [3.63, 3.8) is 0 Å². The minimum Gasteiger partial charge on any atom is -0.452 e. The van der Waals surface area contributed by atoms with Crippen molar-refractivity contribution in [1.82, 2.24) is 15.1 Å². The lowest BCUT2D eigenvalue weighted by Gasteiger charge is -2.56. The van der Waals surface area contributed by atoms with Gasteiger partial charge in [0, 0.05) is 36.6 Å². The molecule has 9 nitrogen and oxygen atoms in total.